The molecule has 1 aromatic carbocycles. The number of aliphatic hydroxyl groups is 1. The van der Waals surface area contributed by atoms with Gasteiger partial charge in [0.1, 0.15) is 5.82 Å². The first-order chi connectivity index (χ1) is 8.69. The predicted octanol–water partition coefficient (Wildman–Crippen LogP) is 1.69. The summed E-state index contributed by atoms with van der Waals surface area (Å²) in [5, 5.41) is 21.5. The molecule has 0 fully saturated rings. The van der Waals surface area contributed by atoms with Gasteiger partial charge in [0.15, 0.2) is 0 Å². The Morgan fingerprint density at radius 2 is 2.33 bits per heavy atom. The Hall–Kier alpha value is -2.26. The van der Waals surface area contributed by atoms with E-state index in [0.717, 1.165) is 0 Å². The van der Waals surface area contributed by atoms with Crippen LogP contribution in [0.4, 0.5) is 4.39 Å². The Labute approximate surface area is 102 Å². The number of benzene rings is 1. The Morgan fingerprint density at radius 1 is 1.50 bits per heavy atom. The first-order valence-electron chi connectivity index (χ1n) is 5.32. The number of hydrogen-bond donors (Lipinski definition) is 1. The minimum absolute atomic E-state index is 0.00230. The van der Waals surface area contributed by atoms with E-state index in [-0.39, 0.29) is 30.4 Å². The van der Waals surface area contributed by atoms with Gasteiger partial charge in [-0.1, -0.05) is 17.3 Å². The van der Waals surface area contributed by atoms with Crippen LogP contribution in [0.25, 0.3) is 11.4 Å². The van der Waals surface area contributed by atoms with Crippen molar-refractivity contribution in [1.82, 2.24) is 10.1 Å². The Balaban J connectivity index is 2.13. The van der Waals surface area contributed by atoms with Crippen molar-refractivity contribution in [2.24, 2.45) is 0 Å². The van der Waals surface area contributed by atoms with Crippen molar-refractivity contribution in [1.29, 1.82) is 5.26 Å². The summed E-state index contributed by atoms with van der Waals surface area (Å²) in [5.41, 5.74) is 0.500. The van der Waals surface area contributed by atoms with Gasteiger partial charge in [0, 0.05) is 5.56 Å². The van der Waals surface area contributed by atoms with E-state index >= 15 is 0 Å². The highest BCUT2D eigenvalue weighted by atomic mass is 19.1. The molecule has 1 N–H and O–H groups in total. The lowest BCUT2D eigenvalue weighted by Crippen LogP contribution is -2.09. The van der Waals surface area contributed by atoms with E-state index in [4.69, 9.17) is 9.78 Å². The fourth-order valence-corrected chi connectivity index (χ4v) is 1.46. The van der Waals surface area contributed by atoms with Gasteiger partial charge in [-0.2, -0.15) is 10.2 Å². The average molecular weight is 247 g/mol. The zero-order valence-corrected chi connectivity index (χ0v) is 9.38. The van der Waals surface area contributed by atoms with Crippen LogP contribution in [0.15, 0.2) is 28.8 Å². The zero-order valence-electron chi connectivity index (χ0n) is 9.38. The molecule has 0 spiro atoms. The number of halogens is 1. The summed E-state index contributed by atoms with van der Waals surface area (Å²) < 4.78 is 17.9. The van der Waals surface area contributed by atoms with Gasteiger partial charge in [-0.3, -0.25) is 0 Å². The smallest absolute Gasteiger partial charge is 0.229 e. The average Bonchev–Trinajstić information content (AvgIpc) is 2.78. The summed E-state index contributed by atoms with van der Waals surface area (Å²) in [6, 6.07) is 7.66. The van der Waals surface area contributed by atoms with Gasteiger partial charge < -0.3 is 9.63 Å². The molecule has 1 aromatic heterocycles. The summed E-state index contributed by atoms with van der Waals surface area (Å²) in [4.78, 5) is 4.03. The van der Waals surface area contributed by atoms with Gasteiger partial charge in [0.05, 0.1) is 25.0 Å². The highest BCUT2D eigenvalue weighted by Gasteiger charge is 2.13. The van der Waals surface area contributed by atoms with Gasteiger partial charge in [-0.05, 0) is 12.1 Å². The molecule has 0 saturated heterocycles. The number of aliphatic hydroxyl groups excluding tert-OH is 1. The highest BCUT2D eigenvalue weighted by Crippen LogP contribution is 2.17. The molecule has 2 rings (SSSR count). The molecule has 1 unspecified atom stereocenters. The largest absolute Gasteiger partial charge is 0.392 e. The lowest BCUT2D eigenvalue weighted by molar-refractivity contribution is 0.167. The van der Waals surface area contributed by atoms with E-state index < -0.39 is 6.10 Å². The van der Waals surface area contributed by atoms with Gasteiger partial charge in [0.2, 0.25) is 11.7 Å². The number of rotatable bonds is 4. The zero-order chi connectivity index (χ0) is 13.0. The van der Waals surface area contributed by atoms with Crippen molar-refractivity contribution in [2.45, 2.75) is 18.9 Å². The van der Waals surface area contributed by atoms with Gasteiger partial charge in [-0.25, -0.2) is 4.39 Å². The lowest BCUT2D eigenvalue weighted by atomic mass is 10.2. The van der Waals surface area contributed by atoms with Crippen molar-refractivity contribution in [3.05, 3.63) is 36.0 Å². The quantitative estimate of drug-likeness (QED) is 0.888. The van der Waals surface area contributed by atoms with E-state index in [1.807, 2.05) is 6.07 Å². The van der Waals surface area contributed by atoms with Gasteiger partial charge >= 0.3 is 0 Å². The molecule has 0 saturated carbocycles. The third-order valence-corrected chi connectivity index (χ3v) is 2.29. The predicted molar refractivity (Wildman–Crippen MR) is 59.6 cm³/mol. The number of hydrogen-bond acceptors (Lipinski definition) is 5. The van der Waals surface area contributed by atoms with E-state index in [0.29, 0.717) is 5.56 Å². The summed E-state index contributed by atoms with van der Waals surface area (Å²) in [6.45, 7) is 0. The number of nitriles is 1. The van der Waals surface area contributed by atoms with Crippen LogP contribution in [0, 0.1) is 17.1 Å². The van der Waals surface area contributed by atoms with Crippen molar-refractivity contribution in [3.63, 3.8) is 0 Å². The minimum Gasteiger partial charge on any atom is -0.392 e. The third kappa shape index (κ3) is 2.90. The number of aromatic nitrogens is 2. The molecule has 6 heteroatoms. The lowest BCUT2D eigenvalue weighted by Gasteiger charge is -1.99. The maximum absolute atomic E-state index is 13.0. The second-order valence-corrected chi connectivity index (χ2v) is 3.74. The summed E-state index contributed by atoms with van der Waals surface area (Å²) in [7, 11) is 0. The molecule has 0 amide bonds. The SMILES string of the molecule is N#CCC(O)Cc1nc(-c2cccc(F)c2)no1. The summed E-state index contributed by atoms with van der Waals surface area (Å²) >= 11 is 0. The van der Waals surface area contributed by atoms with Crippen LogP contribution in [-0.4, -0.2) is 21.4 Å². The molecule has 1 atom stereocenters. The molecule has 0 aliphatic carbocycles. The van der Waals surface area contributed by atoms with Crippen LogP contribution in [0.3, 0.4) is 0 Å². The normalized spacial score (nSPS) is 12.1. The monoisotopic (exact) mass is 247 g/mol. The van der Waals surface area contributed by atoms with E-state index in [9.17, 15) is 9.50 Å². The minimum atomic E-state index is -0.837. The van der Waals surface area contributed by atoms with Crippen molar-refractivity contribution in [3.8, 4) is 17.5 Å². The molecular formula is C12H10FN3O2. The second-order valence-electron chi connectivity index (χ2n) is 3.74. The molecule has 0 radical (unpaired) electrons. The molecule has 2 aromatic rings. The number of nitrogens with zero attached hydrogens (tertiary/aromatic N) is 3. The second kappa shape index (κ2) is 5.38. The molecule has 0 bridgehead atoms. The van der Waals surface area contributed by atoms with Crippen LogP contribution in [-0.2, 0) is 6.42 Å². The van der Waals surface area contributed by atoms with E-state index in [2.05, 4.69) is 10.1 Å². The van der Waals surface area contributed by atoms with E-state index in [1.54, 1.807) is 12.1 Å². The van der Waals surface area contributed by atoms with Crippen molar-refractivity contribution >= 4 is 0 Å². The van der Waals surface area contributed by atoms with Crippen LogP contribution >= 0.6 is 0 Å². The topological polar surface area (TPSA) is 82.9 Å². The fraction of sp³-hybridized carbons (Fsp3) is 0.250. The first-order valence-corrected chi connectivity index (χ1v) is 5.32. The van der Waals surface area contributed by atoms with Crippen LogP contribution in [0.2, 0.25) is 0 Å². The maximum atomic E-state index is 13.0. The van der Waals surface area contributed by atoms with Crippen molar-refractivity contribution in [2.75, 3.05) is 0 Å². The fourth-order valence-electron chi connectivity index (χ4n) is 1.46. The van der Waals surface area contributed by atoms with Crippen molar-refractivity contribution < 1.29 is 14.0 Å². The molecular weight excluding hydrogens is 237 g/mol. The molecule has 0 aliphatic heterocycles. The highest BCUT2D eigenvalue weighted by molar-refractivity contribution is 5.53. The molecule has 1 heterocycles. The molecule has 92 valence electrons. The van der Waals surface area contributed by atoms with Crippen LogP contribution in [0.1, 0.15) is 12.3 Å². The van der Waals surface area contributed by atoms with Gasteiger partial charge in [0.25, 0.3) is 0 Å². The maximum Gasteiger partial charge on any atom is 0.229 e. The van der Waals surface area contributed by atoms with Gasteiger partial charge in [-0.15, -0.1) is 0 Å². The summed E-state index contributed by atoms with van der Waals surface area (Å²) in [5.74, 6) is 0.0917. The Kier molecular flexibility index (Phi) is 3.65. The Morgan fingerprint density at radius 3 is 3.06 bits per heavy atom. The molecule has 5 nitrogen and oxygen atoms in total. The Bertz CT molecular complexity index is 577. The summed E-state index contributed by atoms with van der Waals surface area (Å²) in [6.07, 6.45) is -0.732. The standard InChI is InChI=1S/C12H10FN3O2/c13-9-3-1-2-8(6-9)12-15-11(18-16-12)7-10(17)4-5-14/h1-3,6,10,17H,4,7H2. The molecule has 0 aliphatic rings. The van der Waals surface area contributed by atoms with E-state index in [1.165, 1.54) is 12.1 Å². The third-order valence-electron chi connectivity index (χ3n) is 2.29. The van der Waals surface area contributed by atoms with Crippen LogP contribution < -0.4 is 0 Å². The molecule has 18 heavy (non-hydrogen) atoms. The first kappa shape index (κ1) is 12.2. The van der Waals surface area contributed by atoms with Crippen LogP contribution in [0.5, 0.6) is 0 Å².